The first-order valence-corrected chi connectivity index (χ1v) is 26.3. The largest absolute Gasteiger partial charge is 0.208 e. The van der Waals surface area contributed by atoms with Crippen LogP contribution in [-0.2, 0) is 0 Å². The van der Waals surface area contributed by atoms with Gasteiger partial charge in [-0.3, -0.25) is 0 Å². The van der Waals surface area contributed by atoms with Gasteiger partial charge in [0.2, 0.25) is 0 Å². The molecule has 0 unspecified atom stereocenters. The lowest BCUT2D eigenvalue weighted by Gasteiger charge is -2.24. The molecule has 0 aliphatic heterocycles. The summed E-state index contributed by atoms with van der Waals surface area (Å²) in [6.07, 6.45) is 12.2. The second kappa shape index (κ2) is 21.2. The quantitative estimate of drug-likeness (QED) is 0.127. The van der Waals surface area contributed by atoms with Gasteiger partial charge in [-0.2, -0.15) is 5.26 Å². The number of nitriles is 1. The van der Waals surface area contributed by atoms with Gasteiger partial charge >= 0.3 is 0 Å². The molecule has 12 rings (SSSR count). The van der Waals surface area contributed by atoms with Gasteiger partial charge in [-0.15, -0.1) is 0 Å². The first-order chi connectivity index (χ1) is 36.6. The zero-order valence-electron chi connectivity index (χ0n) is 41.4. The number of rotatable bonds is 11. The molecule has 2 fully saturated rings. The van der Waals surface area contributed by atoms with Gasteiger partial charge in [0, 0.05) is 33.4 Å². The van der Waals surface area contributed by atoms with E-state index in [1.165, 1.54) is 62.5 Å². The predicted molar refractivity (Wildman–Crippen MR) is 299 cm³/mol. The van der Waals surface area contributed by atoms with Crippen LogP contribution in [0, 0.1) is 11.3 Å². The summed E-state index contributed by atoms with van der Waals surface area (Å²) in [7, 11) is 0. The molecular formula is C67H55N7. The van der Waals surface area contributed by atoms with Crippen LogP contribution in [0.3, 0.4) is 0 Å². The van der Waals surface area contributed by atoms with Gasteiger partial charge in [-0.05, 0) is 100 Å². The average molecular weight is 958 g/mol. The fraction of sp³-hybridized carbons (Fsp3) is 0.179. The van der Waals surface area contributed by atoms with Crippen molar-refractivity contribution in [2.75, 3.05) is 0 Å². The Hall–Kier alpha value is -8.73. The lowest BCUT2D eigenvalue weighted by molar-refractivity contribution is 0.444. The molecule has 0 radical (unpaired) electrons. The van der Waals surface area contributed by atoms with E-state index in [2.05, 4.69) is 152 Å². The minimum absolute atomic E-state index is 0.455. The molecular weight excluding hydrogens is 903 g/mol. The molecule has 8 aromatic carbocycles. The Morgan fingerprint density at radius 2 is 0.662 bits per heavy atom. The Morgan fingerprint density at radius 1 is 0.284 bits per heavy atom. The molecule has 2 aromatic heterocycles. The highest BCUT2D eigenvalue weighted by Crippen LogP contribution is 2.44. The summed E-state index contributed by atoms with van der Waals surface area (Å²) >= 11 is 0. The molecule has 0 amide bonds. The fourth-order valence-electron chi connectivity index (χ4n) is 11.4. The van der Waals surface area contributed by atoms with Gasteiger partial charge in [0.15, 0.2) is 34.9 Å². The van der Waals surface area contributed by atoms with Crippen molar-refractivity contribution in [3.63, 3.8) is 0 Å². The van der Waals surface area contributed by atoms with Gasteiger partial charge < -0.3 is 0 Å². The van der Waals surface area contributed by atoms with Gasteiger partial charge in [0.05, 0.1) is 11.6 Å². The van der Waals surface area contributed by atoms with E-state index in [1.807, 2.05) is 54.6 Å². The van der Waals surface area contributed by atoms with Crippen LogP contribution in [-0.4, -0.2) is 29.9 Å². The molecule has 10 aromatic rings. The monoisotopic (exact) mass is 957 g/mol. The summed E-state index contributed by atoms with van der Waals surface area (Å²) in [5, 5.41) is 10.1. The van der Waals surface area contributed by atoms with E-state index in [0.717, 1.165) is 79.6 Å². The molecule has 358 valence electrons. The number of hydrogen-bond donors (Lipinski definition) is 0. The molecule has 74 heavy (non-hydrogen) atoms. The van der Waals surface area contributed by atoms with Gasteiger partial charge in [-0.25, -0.2) is 29.9 Å². The lowest BCUT2D eigenvalue weighted by atomic mass is 9.82. The van der Waals surface area contributed by atoms with Crippen molar-refractivity contribution in [3.8, 4) is 108 Å². The van der Waals surface area contributed by atoms with E-state index < -0.39 is 0 Å². The molecule has 0 spiro atoms. The SMILES string of the molecule is N#Cc1cccc(-c2ccc(-c3ccccc3-c3nc(-c4ccccc4)nc(-c4ccccc4C4CCCCC4)n3)cc2-c2ccccc2-c2nc(-c3ccccc3)nc(-c3ccccc3C3CCCCC3)n2)c1. The summed E-state index contributed by atoms with van der Waals surface area (Å²) in [5.74, 6) is 4.72. The summed E-state index contributed by atoms with van der Waals surface area (Å²) < 4.78 is 0. The van der Waals surface area contributed by atoms with Crippen molar-refractivity contribution >= 4 is 0 Å². The molecule has 0 bridgehead atoms. The Balaban J connectivity index is 1.04. The van der Waals surface area contributed by atoms with E-state index in [9.17, 15) is 5.26 Å². The maximum Gasteiger partial charge on any atom is 0.164 e. The number of hydrogen-bond acceptors (Lipinski definition) is 7. The van der Waals surface area contributed by atoms with Crippen molar-refractivity contribution in [3.05, 3.63) is 217 Å². The third-order valence-electron chi connectivity index (χ3n) is 15.1. The smallest absolute Gasteiger partial charge is 0.164 e. The van der Waals surface area contributed by atoms with Crippen LogP contribution in [0.4, 0.5) is 0 Å². The Morgan fingerprint density at radius 3 is 1.18 bits per heavy atom. The molecule has 0 atom stereocenters. The predicted octanol–water partition coefficient (Wildman–Crippen LogP) is 17.0. The van der Waals surface area contributed by atoms with Crippen LogP contribution >= 0.6 is 0 Å². The summed E-state index contributed by atoms with van der Waals surface area (Å²) in [4.78, 5) is 31.9. The van der Waals surface area contributed by atoms with Gasteiger partial charge in [0.25, 0.3) is 0 Å². The van der Waals surface area contributed by atoms with E-state index in [4.69, 9.17) is 29.9 Å². The van der Waals surface area contributed by atoms with Crippen LogP contribution in [0.25, 0.3) is 102 Å². The highest BCUT2D eigenvalue weighted by molar-refractivity contribution is 5.95. The second-order valence-corrected chi connectivity index (χ2v) is 19.7. The standard InChI is InChI=1S/C67H55N7/c68-44-45-22-21-31-50(42-45)55-41-40-51(54-34-15-19-38-59(54)66-71-62(48-27-9-3-10-28-48)69-64(73-66)57-36-17-13-32-52(57)46-23-5-1-6-24-46)43-61(55)56-35-16-20-39-60(56)67-72-63(49-29-11-4-12-30-49)70-65(74-67)58-37-18-14-33-53(58)47-25-7-2-8-26-47/h3-4,9-22,27-43,46-47H,1-2,5-8,23-26H2. The topological polar surface area (TPSA) is 101 Å². The zero-order valence-corrected chi connectivity index (χ0v) is 41.4. The molecule has 0 saturated heterocycles. The normalized spacial score (nSPS) is 14.1. The third kappa shape index (κ3) is 9.55. The summed E-state index contributed by atoms with van der Waals surface area (Å²) in [5.41, 5.74) is 14.7. The lowest BCUT2D eigenvalue weighted by Crippen LogP contribution is -2.08. The highest BCUT2D eigenvalue weighted by atomic mass is 15.0. The van der Waals surface area contributed by atoms with Crippen LogP contribution in [0.2, 0.25) is 0 Å². The first-order valence-electron chi connectivity index (χ1n) is 26.3. The minimum Gasteiger partial charge on any atom is -0.208 e. The highest BCUT2D eigenvalue weighted by Gasteiger charge is 2.25. The third-order valence-corrected chi connectivity index (χ3v) is 15.1. The van der Waals surface area contributed by atoms with Crippen molar-refractivity contribution < 1.29 is 0 Å². The fourth-order valence-corrected chi connectivity index (χ4v) is 11.4. The van der Waals surface area contributed by atoms with Gasteiger partial charge in [0.1, 0.15) is 0 Å². The molecule has 7 nitrogen and oxygen atoms in total. The molecule has 2 aliphatic rings. The Bertz CT molecular complexity index is 3660. The van der Waals surface area contributed by atoms with Crippen LogP contribution in [0.5, 0.6) is 0 Å². The molecule has 2 saturated carbocycles. The zero-order chi connectivity index (χ0) is 49.6. The van der Waals surface area contributed by atoms with Gasteiger partial charge in [-0.1, -0.05) is 221 Å². The average Bonchev–Trinajstić information content (AvgIpc) is 3.49. The van der Waals surface area contributed by atoms with E-state index in [-0.39, 0.29) is 0 Å². The van der Waals surface area contributed by atoms with E-state index in [1.54, 1.807) is 0 Å². The summed E-state index contributed by atoms with van der Waals surface area (Å²) in [6.45, 7) is 0. The van der Waals surface area contributed by atoms with Crippen LogP contribution in [0.1, 0.15) is 92.7 Å². The number of nitrogens with zero attached hydrogens (tertiary/aromatic N) is 7. The van der Waals surface area contributed by atoms with Crippen LogP contribution in [0.15, 0.2) is 200 Å². The first kappa shape index (κ1) is 46.3. The Labute approximate surface area is 433 Å². The maximum atomic E-state index is 10.1. The molecule has 2 heterocycles. The Kier molecular flexibility index (Phi) is 13.3. The molecule has 2 aliphatic carbocycles. The van der Waals surface area contributed by atoms with Crippen molar-refractivity contribution in [2.45, 2.75) is 76.0 Å². The van der Waals surface area contributed by atoms with Crippen molar-refractivity contribution in [1.82, 2.24) is 29.9 Å². The maximum absolute atomic E-state index is 10.1. The number of aromatic nitrogens is 6. The minimum atomic E-state index is 0.455. The van der Waals surface area contributed by atoms with Crippen LogP contribution < -0.4 is 0 Å². The van der Waals surface area contributed by atoms with E-state index >= 15 is 0 Å². The van der Waals surface area contributed by atoms with E-state index in [0.29, 0.717) is 52.3 Å². The molecule has 7 heteroatoms. The van der Waals surface area contributed by atoms with Crippen molar-refractivity contribution in [2.24, 2.45) is 0 Å². The second-order valence-electron chi connectivity index (χ2n) is 19.7. The van der Waals surface area contributed by atoms with Crippen molar-refractivity contribution in [1.29, 1.82) is 5.26 Å². The summed E-state index contributed by atoms with van der Waals surface area (Å²) in [6, 6.07) is 71.5. The number of benzene rings is 8. The molecule has 0 N–H and O–H groups in total.